The van der Waals surface area contributed by atoms with Crippen LogP contribution in [0.15, 0.2) is 36.4 Å². The van der Waals surface area contributed by atoms with Crippen LogP contribution in [0.3, 0.4) is 0 Å². The summed E-state index contributed by atoms with van der Waals surface area (Å²) in [6.45, 7) is -0.541. The van der Waals surface area contributed by atoms with Crippen molar-refractivity contribution >= 4 is 29.5 Å². The van der Waals surface area contributed by atoms with Gasteiger partial charge in [-0.25, -0.2) is 9.59 Å². The zero-order valence-corrected chi connectivity index (χ0v) is 18.8. The van der Waals surface area contributed by atoms with Gasteiger partial charge in [0, 0.05) is 12.1 Å². The van der Waals surface area contributed by atoms with E-state index in [0.29, 0.717) is 17.9 Å². The SMILES string of the molecule is COC(=O)c1cc(NC(=O)COC(=O)CCc2ccc(OC)c(OC)c2)cc(C(=O)OC)c1. The van der Waals surface area contributed by atoms with Crippen LogP contribution in [0.5, 0.6) is 11.5 Å². The van der Waals surface area contributed by atoms with Crippen LogP contribution in [0.25, 0.3) is 0 Å². The molecule has 0 fully saturated rings. The second-order valence-electron chi connectivity index (χ2n) is 6.68. The van der Waals surface area contributed by atoms with Crippen molar-refractivity contribution in [3.05, 3.63) is 53.1 Å². The summed E-state index contributed by atoms with van der Waals surface area (Å²) in [5.41, 5.74) is 1.07. The first kappa shape index (κ1) is 25.2. The standard InChI is InChI=1S/C23H25NO9/c1-29-18-7-5-14(9-19(18)30-2)6-8-21(26)33-13-20(25)24-17-11-15(22(27)31-3)10-16(12-17)23(28)32-4/h5,7,9-12H,6,8,13H2,1-4H3,(H,24,25). The summed E-state index contributed by atoms with van der Waals surface area (Å²) in [7, 11) is 5.42. The van der Waals surface area contributed by atoms with E-state index in [0.717, 1.165) is 5.56 Å². The number of carbonyl (C=O) groups is 4. The molecular weight excluding hydrogens is 434 g/mol. The zero-order chi connectivity index (χ0) is 24.4. The number of benzene rings is 2. The Morgan fingerprint density at radius 2 is 1.39 bits per heavy atom. The minimum atomic E-state index is -0.696. The van der Waals surface area contributed by atoms with E-state index < -0.39 is 30.4 Å². The van der Waals surface area contributed by atoms with Crippen LogP contribution in [0, 0.1) is 0 Å². The predicted molar refractivity (Wildman–Crippen MR) is 117 cm³/mol. The van der Waals surface area contributed by atoms with Gasteiger partial charge in [-0.3, -0.25) is 9.59 Å². The minimum Gasteiger partial charge on any atom is -0.493 e. The Labute approximate surface area is 190 Å². The van der Waals surface area contributed by atoms with E-state index >= 15 is 0 Å². The monoisotopic (exact) mass is 459 g/mol. The van der Waals surface area contributed by atoms with Crippen LogP contribution in [0.2, 0.25) is 0 Å². The molecule has 2 aromatic carbocycles. The smallest absolute Gasteiger partial charge is 0.337 e. The fourth-order valence-electron chi connectivity index (χ4n) is 2.87. The number of hydrogen-bond acceptors (Lipinski definition) is 9. The molecule has 1 N–H and O–H groups in total. The molecule has 176 valence electrons. The molecule has 0 aliphatic heterocycles. The second-order valence-corrected chi connectivity index (χ2v) is 6.68. The predicted octanol–water partition coefficient (Wildman–Crippen LogP) is 2.39. The summed E-state index contributed by atoms with van der Waals surface area (Å²) in [6.07, 6.45) is 0.428. The number of amides is 1. The fraction of sp³-hybridized carbons (Fsp3) is 0.304. The highest BCUT2D eigenvalue weighted by molar-refractivity contribution is 6.00. The van der Waals surface area contributed by atoms with Gasteiger partial charge in [0.2, 0.25) is 0 Å². The van der Waals surface area contributed by atoms with E-state index in [9.17, 15) is 19.2 Å². The van der Waals surface area contributed by atoms with Crippen molar-refractivity contribution in [3.8, 4) is 11.5 Å². The number of esters is 3. The van der Waals surface area contributed by atoms with Crippen molar-refractivity contribution in [1.82, 2.24) is 0 Å². The second kappa shape index (κ2) is 12.1. The molecule has 33 heavy (non-hydrogen) atoms. The molecule has 10 heteroatoms. The maximum absolute atomic E-state index is 12.2. The number of methoxy groups -OCH3 is 4. The van der Waals surface area contributed by atoms with E-state index in [4.69, 9.17) is 14.2 Å². The van der Waals surface area contributed by atoms with Gasteiger partial charge >= 0.3 is 17.9 Å². The largest absolute Gasteiger partial charge is 0.493 e. The minimum absolute atomic E-state index is 0.0441. The van der Waals surface area contributed by atoms with Gasteiger partial charge in [0.05, 0.1) is 39.6 Å². The summed E-state index contributed by atoms with van der Waals surface area (Å²) in [5.74, 6) is -1.49. The number of carbonyl (C=O) groups excluding carboxylic acids is 4. The molecule has 10 nitrogen and oxygen atoms in total. The Balaban J connectivity index is 1.93. The fourth-order valence-corrected chi connectivity index (χ4v) is 2.87. The van der Waals surface area contributed by atoms with Gasteiger partial charge in [-0.15, -0.1) is 0 Å². The first-order valence-electron chi connectivity index (χ1n) is 9.79. The topological polar surface area (TPSA) is 126 Å². The summed E-state index contributed by atoms with van der Waals surface area (Å²) in [6, 6.07) is 9.23. The molecule has 0 unspecified atom stereocenters. The van der Waals surface area contributed by atoms with Gasteiger partial charge in [0.15, 0.2) is 18.1 Å². The van der Waals surface area contributed by atoms with Gasteiger partial charge < -0.3 is 29.0 Å². The Bertz CT molecular complexity index is 998. The lowest BCUT2D eigenvalue weighted by Gasteiger charge is -2.11. The molecule has 0 aliphatic rings. The Hall–Kier alpha value is -4.08. The van der Waals surface area contributed by atoms with Gasteiger partial charge in [0.25, 0.3) is 5.91 Å². The van der Waals surface area contributed by atoms with E-state index in [-0.39, 0.29) is 23.2 Å². The molecule has 0 atom stereocenters. The number of anilines is 1. The molecular formula is C23H25NO9. The van der Waals surface area contributed by atoms with Crippen LogP contribution in [-0.2, 0) is 30.2 Å². The molecule has 0 aliphatic carbocycles. The quantitative estimate of drug-likeness (QED) is 0.421. The molecule has 0 saturated heterocycles. The molecule has 0 saturated carbocycles. The summed E-state index contributed by atoms with van der Waals surface area (Å²) < 4.78 is 24.7. The zero-order valence-electron chi connectivity index (χ0n) is 18.8. The molecule has 0 heterocycles. The van der Waals surface area contributed by atoms with E-state index in [1.807, 2.05) is 0 Å². The van der Waals surface area contributed by atoms with E-state index in [1.165, 1.54) is 46.6 Å². The lowest BCUT2D eigenvalue weighted by molar-refractivity contribution is -0.147. The number of rotatable bonds is 10. The Morgan fingerprint density at radius 1 is 0.788 bits per heavy atom. The highest BCUT2D eigenvalue weighted by Gasteiger charge is 2.16. The number of ether oxygens (including phenoxy) is 5. The van der Waals surface area contributed by atoms with Crippen molar-refractivity contribution in [2.24, 2.45) is 0 Å². The average Bonchev–Trinajstić information content (AvgIpc) is 2.84. The summed E-state index contributed by atoms with van der Waals surface area (Å²) in [4.78, 5) is 47.9. The van der Waals surface area contributed by atoms with Gasteiger partial charge in [0.1, 0.15) is 0 Å². The first-order chi connectivity index (χ1) is 15.8. The van der Waals surface area contributed by atoms with Crippen LogP contribution < -0.4 is 14.8 Å². The third kappa shape index (κ3) is 7.23. The first-order valence-corrected chi connectivity index (χ1v) is 9.79. The van der Waals surface area contributed by atoms with Gasteiger partial charge in [-0.05, 0) is 42.3 Å². The maximum Gasteiger partial charge on any atom is 0.337 e. The molecule has 0 bridgehead atoms. The summed E-state index contributed by atoms with van der Waals surface area (Å²) >= 11 is 0. The molecule has 1 amide bonds. The van der Waals surface area contributed by atoms with Gasteiger partial charge in [-0.1, -0.05) is 6.07 Å². The van der Waals surface area contributed by atoms with E-state index in [1.54, 1.807) is 18.2 Å². The lowest BCUT2D eigenvalue weighted by Crippen LogP contribution is -2.21. The number of aryl methyl sites for hydroxylation is 1. The van der Waals surface area contributed by atoms with Crippen molar-refractivity contribution in [1.29, 1.82) is 0 Å². The van der Waals surface area contributed by atoms with Crippen molar-refractivity contribution in [2.75, 3.05) is 40.4 Å². The Kier molecular flexibility index (Phi) is 9.22. The van der Waals surface area contributed by atoms with Crippen molar-refractivity contribution in [2.45, 2.75) is 12.8 Å². The highest BCUT2D eigenvalue weighted by atomic mass is 16.5. The van der Waals surface area contributed by atoms with Crippen LogP contribution in [0.1, 0.15) is 32.7 Å². The van der Waals surface area contributed by atoms with Crippen LogP contribution in [0.4, 0.5) is 5.69 Å². The normalized spacial score (nSPS) is 10.1. The summed E-state index contributed by atoms with van der Waals surface area (Å²) in [5, 5.41) is 2.48. The number of nitrogens with one attached hydrogen (secondary N) is 1. The lowest BCUT2D eigenvalue weighted by atomic mass is 10.1. The van der Waals surface area contributed by atoms with Crippen LogP contribution in [-0.4, -0.2) is 58.9 Å². The average molecular weight is 459 g/mol. The number of hydrogen-bond donors (Lipinski definition) is 1. The third-order valence-electron chi connectivity index (χ3n) is 4.49. The molecule has 0 radical (unpaired) electrons. The van der Waals surface area contributed by atoms with Crippen molar-refractivity contribution < 1.29 is 42.9 Å². The molecule has 2 rings (SSSR count). The molecule has 0 spiro atoms. The van der Waals surface area contributed by atoms with E-state index in [2.05, 4.69) is 14.8 Å². The maximum atomic E-state index is 12.2. The van der Waals surface area contributed by atoms with Crippen molar-refractivity contribution in [3.63, 3.8) is 0 Å². The molecule has 0 aromatic heterocycles. The highest BCUT2D eigenvalue weighted by Crippen LogP contribution is 2.28. The van der Waals surface area contributed by atoms with Gasteiger partial charge in [-0.2, -0.15) is 0 Å². The van der Waals surface area contributed by atoms with Crippen LogP contribution >= 0.6 is 0 Å². The molecule has 2 aromatic rings. The third-order valence-corrected chi connectivity index (χ3v) is 4.49. The Morgan fingerprint density at radius 3 is 1.94 bits per heavy atom.